The molecule has 0 radical (unpaired) electrons. The second-order valence-electron chi connectivity index (χ2n) is 3.47. The van der Waals surface area contributed by atoms with E-state index in [-0.39, 0.29) is 5.82 Å². The van der Waals surface area contributed by atoms with Gasteiger partial charge in [-0.3, -0.25) is 0 Å². The molecule has 0 saturated heterocycles. The van der Waals surface area contributed by atoms with E-state index in [1.54, 1.807) is 16.8 Å². The number of halogens is 2. The Labute approximate surface area is 107 Å². The Balaban J connectivity index is 2.07. The van der Waals surface area contributed by atoms with Crippen molar-refractivity contribution in [2.75, 3.05) is 5.32 Å². The van der Waals surface area contributed by atoms with Gasteiger partial charge in [0.05, 0.1) is 12.2 Å². The van der Waals surface area contributed by atoms with Gasteiger partial charge in [0.25, 0.3) is 0 Å². The minimum absolute atomic E-state index is 0.290. The summed E-state index contributed by atoms with van der Waals surface area (Å²) in [6.07, 6.45) is 1.50. The molecule has 0 amide bonds. The maximum Gasteiger partial charge on any atom is 0.147 e. The highest BCUT2D eigenvalue weighted by Crippen LogP contribution is 2.19. The Morgan fingerprint density at radius 2 is 2.29 bits per heavy atom. The van der Waals surface area contributed by atoms with Crippen molar-refractivity contribution < 1.29 is 4.39 Å². The zero-order chi connectivity index (χ0) is 12.3. The van der Waals surface area contributed by atoms with Crippen LogP contribution in [0.3, 0.4) is 0 Å². The fourth-order valence-corrected chi connectivity index (χ4v) is 1.83. The van der Waals surface area contributed by atoms with Crippen LogP contribution in [0, 0.1) is 5.82 Å². The van der Waals surface area contributed by atoms with Crippen molar-refractivity contribution in [1.82, 2.24) is 14.8 Å². The number of hydrogen-bond acceptors (Lipinski definition) is 3. The standard InChI is InChI=1S/C11H12BrFN4/c1-2-17-11(15-7-16-17)6-14-10-4-3-8(12)5-9(10)13/h3-5,7,14H,2,6H2,1H3. The van der Waals surface area contributed by atoms with Gasteiger partial charge in [0.15, 0.2) is 0 Å². The quantitative estimate of drug-likeness (QED) is 0.944. The summed E-state index contributed by atoms with van der Waals surface area (Å²) in [5.41, 5.74) is 0.457. The van der Waals surface area contributed by atoms with Crippen molar-refractivity contribution in [3.63, 3.8) is 0 Å². The molecule has 0 unspecified atom stereocenters. The fraction of sp³-hybridized carbons (Fsp3) is 0.273. The Hall–Kier alpha value is -1.43. The van der Waals surface area contributed by atoms with Crippen LogP contribution >= 0.6 is 15.9 Å². The van der Waals surface area contributed by atoms with Crippen molar-refractivity contribution in [2.45, 2.75) is 20.0 Å². The van der Waals surface area contributed by atoms with Gasteiger partial charge in [-0.05, 0) is 25.1 Å². The van der Waals surface area contributed by atoms with Gasteiger partial charge in [-0.1, -0.05) is 15.9 Å². The molecule has 1 aromatic heterocycles. The van der Waals surface area contributed by atoms with Gasteiger partial charge in [-0.25, -0.2) is 14.1 Å². The van der Waals surface area contributed by atoms with Gasteiger partial charge < -0.3 is 5.32 Å². The monoisotopic (exact) mass is 298 g/mol. The van der Waals surface area contributed by atoms with Crippen molar-refractivity contribution in [3.05, 3.63) is 40.6 Å². The van der Waals surface area contributed by atoms with Crippen molar-refractivity contribution >= 4 is 21.6 Å². The fourth-order valence-electron chi connectivity index (χ4n) is 1.50. The summed E-state index contributed by atoms with van der Waals surface area (Å²) in [4.78, 5) is 4.11. The number of benzene rings is 1. The zero-order valence-corrected chi connectivity index (χ0v) is 10.9. The molecule has 1 N–H and O–H groups in total. The summed E-state index contributed by atoms with van der Waals surface area (Å²) in [6, 6.07) is 4.90. The molecular formula is C11H12BrFN4. The molecule has 6 heteroatoms. The maximum absolute atomic E-state index is 13.5. The number of aromatic nitrogens is 3. The lowest BCUT2D eigenvalue weighted by atomic mass is 10.3. The predicted molar refractivity (Wildman–Crippen MR) is 67.1 cm³/mol. The average molecular weight is 299 g/mol. The lowest BCUT2D eigenvalue weighted by Crippen LogP contribution is -2.09. The van der Waals surface area contributed by atoms with Gasteiger partial charge in [-0.2, -0.15) is 5.10 Å². The molecule has 4 nitrogen and oxygen atoms in total. The molecule has 1 aromatic carbocycles. The number of rotatable bonds is 4. The molecule has 0 bridgehead atoms. The molecule has 0 atom stereocenters. The van der Waals surface area contributed by atoms with Gasteiger partial charge in [0, 0.05) is 11.0 Å². The highest BCUT2D eigenvalue weighted by molar-refractivity contribution is 9.10. The highest BCUT2D eigenvalue weighted by atomic mass is 79.9. The molecule has 0 aliphatic rings. The normalized spacial score (nSPS) is 10.5. The van der Waals surface area contributed by atoms with E-state index in [1.165, 1.54) is 12.4 Å². The topological polar surface area (TPSA) is 42.7 Å². The third-order valence-electron chi connectivity index (χ3n) is 2.36. The van der Waals surface area contributed by atoms with E-state index < -0.39 is 0 Å². The zero-order valence-electron chi connectivity index (χ0n) is 9.32. The van der Waals surface area contributed by atoms with Crippen LogP contribution in [-0.2, 0) is 13.1 Å². The number of nitrogens with zero attached hydrogens (tertiary/aromatic N) is 3. The molecule has 2 rings (SSSR count). The van der Waals surface area contributed by atoms with Crippen LogP contribution in [0.5, 0.6) is 0 Å². The van der Waals surface area contributed by atoms with Crippen molar-refractivity contribution in [2.24, 2.45) is 0 Å². The van der Waals surface area contributed by atoms with Crippen LogP contribution in [0.1, 0.15) is 12.7 Å². The van der Waals surface area contributed by atoms with Crippen molar-refractivity contribution in [3.8, 4) is 0 Å². The first kappa shape index (κ1) is 12.0. The molecular weight excluding hydrogens is 287 g/mol. The molecule has 17 heavy (non-hydrogen) atoms. The Kier molecular flexibility index (Phi) is 3.73. The summed E-state index contributed by atoms with van der Waals surface area (Å²) in [7, 11) is 0. The van der Waals surface area contributed by atoms with E-state index in [0.29, 0.717) is 12.2 Å². The van der Waals surface area contributed by atoms with Crippen LogP contribution < -0.4 is 5.32 Å². The van der Waals surface area contributed by atoms with E-state index in [9.17, 15) is 4.39 Å². The first-order valence-electron chi connectivity index (χ1n) is 5.26. The molecule has 0 spiro atoms. The first-order valence-corrected chi connectivity index (χ1v) is 6.05. The van der Waals surface area contributed by atoms with Gasteiger partial charge in [0.2, 0.25) is 0 Å². The van der Waals surface area contributed by atoms with Gasteiger partial charge >= 0.3 is 0 Å². The lowest BCUT2D eigenvalue weighted by molar-refractivity contribution is 0.614. The maximum atomic E-state index is 13.5. The van der Waals surface area contributed by atoms with Crippen LogP contribution in [-0.4, -0.2) is 14.8 Å². The molecule has 0 fully saturated rings. The van der Waals surface area contributed by atoms with Gasteiger partial charge in [0.1, 0.15) is 18.0 Å². The summed E-state index contributed by atoms with van der Waals surface area (Å²) < 4.78 is 16.0. The number of nitrogens with one attached hydrogen (secondary N) is 1. The average Bonchev–Trinajstić information content (AvgIpc) is 2.75. The lowest BCUT2D eigenvalue weighted by Gasteiger charge is -2.08. The van der Waals surface area contributed by atoms with Gasteiger partial charge in [-0.15, -0.1) is 0 Å². The molecule has 1 heterocycles. The summed E-state index contributed by atoms with van der Waals surface area (Å²) >= 11 is 3.21. The van der Waals surface area contributed by atoms with Crippen LogP contribution in [0.2, 0.25) is 0 Å². The minimum atomic E-state index is -0.290. The number of anilines is 1. The summed E-state index contributed by atoms with van der Waals surface area (Å²) in [5.74, 6) is 0.497. The van der Waals surface area contributed by atoms with Crippen molar-refractivity contribution in [1.29, 1.82) is 0 Å². The molecule has 0 aliphatic carbocycles. The van der Waals surface area contributed by atoms with Crippen LogP contribution in [0.4, 0.5) is 10.1 Å². The molecule has 2 aromatic rings. The third kappa shape index (κ3) is 2.82. The molecule has 0 saturated carbocycles. The summed E-state index contributed by atoms with van der Waals surface area (Å²) in [6.45, 7) is 3.19. The predicted octanol–water partition coefficient (Wildman–Crippen LogP) is 2.81. The van der Waals surface area contributed by atoms with E-state index >= 15 is 0 Å². The largest absolute Gasteiger partial charge is 0.375 e. The highest BCUT2D eigenvalue weighted by Gasteiger charge is 2.05. The van der Waals surface area contributed by atoms with Crippen LogP contribution in [0.25, 0.3) is 0 Å². The minimum Gasteiger partial charge on any atom is -0.375 e. The number of hydrogen-bond donors (Lipinski definition) is 1. The Morgan fingerprint density at radius 1 is 1.47 bits per heavy atom. The third-order valence-corrected chi connectivity index (χ3v) is 2.86. The van der Waals surface area contributed by atoms with Crippen LogP contribution in [0.15, 0.2) is 29.0 Å². The Bertz CT molecular complexity index is 512. The van der Waals surface area contributed by atoms with E-state index in [4.69, 9.17) is 0 Å². The smallest absolute Gasteiger partial charge is 0.147 e. The Morgan fingerprint density at radius 3 is 3.00 bits per heavy atom. The SMILES string of the molecule is CCn1ncnc1CNc1ccc(Br)cc1F. The first-order chi connectivity index (χ1) is 8.20. The molecule has 0 aliphatic heterocycles. The van der Waals surface area contributed by atoms with E-state index in [0.717, 1.165) is 16.8 Å². The second-order valence-corrected chi connectivity index (χ2v) is 4.39. The second kappa shape index (κ2) is 5.27. The van der Waals surface area contributed by atoms with E-state index in [1.807, 2.05) is 6.92 Å². The summed E-state index contributed by atoms with van der Waals surface area (Å²) in [5, 5.41) is 7.05. The number of aryl methyl sites for hydroxylation is 1. The molecule has 90 valence electrons. The van der Waals surface area contributed by atoms with E-state index in [2.05, 4.69) is 31.3 Å².